The minimum absolute atomic E-state index is 0.110. The van der Waals surface area contributed by atoms with E-state index in [9.17, 15) is 4.79 Å². The van der Waals surface area contributed by atoms with Crippen LogP contribution in [0.15, 0.2) is 18.2 Å². The molecule has 1 aliphatic carbocycles. The molecule has 1 aromatic rings. The highest BCUT2D eigenvalue weighted by atomic mass is 16.1. The number of nitrogens with one attached hydrogen (secondary N) is 1. The molecule has 0 spiro atoms. The van der Waals surface area contributed by atoms with Gasteiger partial charge in [0, 0.05) is 17.6 Å². The third kappa shape index (κ3) is 2.34. The van der Waals surface area contributed by atoms with Gasteiger partial charge in [0.1, 0.15) is 0 Å². The van der Waals surface area contributed by atoms with Crippen LogP contribution in [0.3, 0.4) is 0 Å². The topological polar surface area (TPSA) is 55.1 Å². The largest absolute Gasteiger partial charge is 0.326 e. The first-order valence-electron chi connectivity index (χ1n) is 6.35. The molecule has 1 fully saturated rings. The predicted molar refractivity (Wildman–Crippen MR) is 67.9 cm³/mol. The highest BCUT2D eigenvalue weighted by Gasteiger charge is 2.37. The highest BCUT2D eigenvalue weighted by Crippen LogP contribution is 2.37. The molecule has 3 rings (SSSR count). The van der Waals surface area contributed by atoms with Crippen LogP contribution >= 0.6 is 0 Å². The molecule has 0 unspecified atom stereocenters. The van der Waals surface area contributed by atoms with E-state index in [1.807, 2.05) is 0 Å². The number of nitrogens with two attached hydrogens (primary N) is 1. The molecule has 0 aromatic heterocycles. The number of hydrogen-bond acceptors (Lipinski definition) is 2. The van der Waals surface area contributed by atoms with E-state index in [0.29, 0.717) is 6.42 Å². The fraction of sp³-hybridized carbons (Fsp3) is 0.500. The molecular formula is C14H18N2O. The van der Waals surface area contributed by atoms with Gasteiger partial charge >= 0.3 is 0 Å². The lowest BCUT2D eigenvalue weighted by Crippen LogP contribution is -2.22. The number of benzene rings is 1. The summed E-state index contributed by atoms with van der Waals surface area (Å²) in [6.45, 7) is 0. The van der Waals surface area contributed by atoms with Crippen molar-refractivity contribution in [3.8, 4) is 0 Å². The third-order valence-electron chi connectivity index (χ3n) is 3.87. The normalized spacial score (nSPS) is 20.6. The smallest absolute Gasteiger partial charge is 0.224 e. The van der Waals surface area contributed by atoms with Crippen LogP contribution in [-0.4, -0.2) is 11.4 Å². The monoisotopic (exact) mass is 230 g/mol. The van der Waals surface area contributed by atoms with E-state index in [2.05, 4.69) is 23.5 Å². The van der Waals surface area contributed by atoms with Crippen molar-refractivity contribution in [3.63, 3.8) is 0 Å². The van der Waals surface area contributed by atoms with E-state index in [1.165, 1.54) is 11.1 Å². The lowest BCUT2D eigenvalue weighted by molar-refractivity contribution is -0.116. The maximum Gasteiger partial charge on any atom is 0.224 e. The van der Waals surface area contributed by atoms with Gasteiger partial charge in [-0.25, -0.2) is 0 Å². The van der Waals surface area contributed by atoms with E-state index >= 15 is 0 Å². The zero-order chi connectivity index (χ0) is 11.9. The van der Waals surface area contributed by atoms with Gasteiger partial charge in [-0.3, -0.25) is 4.79 Å². The molecule has 1 saturated carbocycles. The molecule has 1 aliphatic heterocycles. The Morgan fingerprint density at radius 2 is 2.12 bits per heavy atom. The fourth-order valence-corrected chi connectivity index (χ4v) is 2.38. The molecule has 1 aromatic carbocycles. The lowest BCUT2D eigenvalue weighted by atomic mass is 9.98. The van der Waals surface area contributed by atoms with Crippen molar-refractivity contribution >= 4 is 11.6 Å². The Kier molecular flexibility index (Phi) is 2.44. The second-order valence-electron chi connectivity index (χ2n) is 5.40. The van der Waals surface area contributed by atoms with Crippen molar-refractivity contribution in [1.29, 1.82) is 0 Å². The van der Waals surface area contributed by atoms with Gasteiger partial charge in [-0.05, 0) is 49.3 Å². The zero-order valence-electron chi connectivity index (χ0n) is 9.96. The van der Waals surface area contributed by atoms with Gasteiger partial charge in [-0.2, -0.15) is 0 Å². The molecule has 3 nitrogen and oxygen atoms in total. The highest BCUT2D eigenvalue weighted by molar-refractivity contribution is 5.93. The van der Waals surface area contributed by atoms with Gasteiger partial charge in [0.2, 0.25) is 5.91 Å². The predicted octanol–water partition coefficient (Wildman–Crippen LogP) is 2.00. The summed E-state index contributed by atoms with van der Waals surface area (Å²) >= 11 is 0. The number of fused-ring (bicyclic) bond motifs is 1. The van der Waals surface area contributed by atoms with E-state index < -0.39 is 0 Å². The molecule has 0 bridgehead atoms. The summed E-state index contributed by atoms with van der Waals surface area (Å²) in [4.78, 5) is 11.3. The van der Waals surface area contributed by atoms with Crippen molar-refractivity contribution in [2.24, 2.45) is 5.73 Å². The van der Waals surface area contributed by atoms with Gasteiger partial charge in [0.15, 0.2) is 0 Å². The summed E-state index contributed by atoms with van der Waals surface area (Å²) in [7, 11) is 0. The molecule has 0 atom stereocenters. The summed E-state index contributed by atoms with van der Waals surface area (Å²) in [6.07, 6.45) is 5.86. The van der Waals surface area contributed by atoms with Crippen LogP contribution in [0.1, 0.15) is 36.8 Å². The average molecular weight is 230 g/mol. The van der Waals surface area contributed by atoms with Crippen molar-refractivity contribution in [3.05, 3.63) is 29.3 Å². The van der Waals surface area contributed by atoms with Crippen LogP contribution in [0.25, 0.3) is 0 Å². The van der Waals surface area contributed by atoms with Gasteiger partial charge in [0.05, 0.1) is 0 Å². The Morgan fingerprint density at radius 3 is 2.88 bits per heavy atom. The SMILES string of the molecule is NC1(CCc2ccc3c(c2)NC(=O)CC3)CC1. The summed E-state index contributed by atoms with van der Waals surface area (Å²) < 4.78 is 0. The van der Waals surface area contributed by atoms with Gasteiger partial charge in [-0.15, -0.1) is 0 Å². The number of anilines is 1. The first-order chi connectivity index (χ1) is 8.15. The Labute approximate surface area is 101 Å². The molecule has 90 valence electrons. The standard InChI is InChI=1S/C14H18N2O/c15-14(7-8-14)6-5-10-1-2-11-3-4-13(17)16-12(11)9-10/h1-2,9H,3-8,15H2,(H,16,17). The van der Waals surface area contributed by atoms with Crippen LogP contribution < -0.4 is 11.1 Å². The number of amides is 1. The Balaban J connectivity index is 1.73. The molecular weight excluding hydrogens is 212 g/mol. The zero-order valence-corrected chi connectivity index (χ0v) is 9.96. The maximum atomic E-state index is 11.3. The first kappa shape index (κ1) is 10.8. The Morgan fingerprint density at radius 1 is 1.29 bits per heavy atom. The van der Waals surface area contributed by atoms with Crippen molar-refractivity contribution in [2.75, 3.05) is 5.32 Å². The minimum atomic E-state index is 0.110. The molecule has 0 saturated heterocycles. The lowest BCUT2D eigenvalue weighted by Gasteiger charge is -2.18. The molecule has 1 heterocycles. The molecule has 3 N–H and O–H groups in total. The first-order valence-corrected chi connectivity index (χ1v) is 6.35. The van der Waals surface area contributed by atoms with Crippen molar-refractivity contribution in [2.45, 2.75) is 44.1 Å². The quantitative estimate of drug-likeness (QED) is 0.834. The van der Waals surface area contributed by atoms with Crippen LogP contribution in [0.2, 0.25) is 0 Å². The van der Waals surface area contributed by atoms with Crippen molar-refractivity contribution in [1.82, 2.24) is 0 Å². The summed E-state index contributed by atoms with van der Waals surface area (Å²) in [5, 5.41) is 2.94. The second-order valence-corrected chi connectivity index (χ2v) is 5.40. The van der Waals surface area contributed by atoms with Crippen molar-refractivity contribution < 1.29 is 4.79 Å². The summed E-state index contributed by atoms with van der Waals surface area (Å²) in [5.41, 5.74) is 9.73. The van der Waals surface area contributed by atoms with E-state index in [0.717, 1.165) is 37.8 Å². The number of aryl methyl sites for hydroxylation is 2. The summed E-state index contributed by atoms with van der Waals surface area (Å²) in [6, 6.07) is 6.42. The van der Waals surface area contributed by atoms with Gasteiger partial charge in [0.25, 0.3) is 0 Å². The Hall–Kier alpha value is -1.35. The average Bonchev–Trinajstić information content (AvgIpc) is 3.05. The minimum Gasteiger partial charge on any atom is -0.326 e. The number of hydrogen-bond donors (Lipinski definition) is 2. The van der Waals surface area contributed by atoms with Crippen LogP contribution in [0.5, 0.6) is 0 Å². The maximum absolute atomic E-state index is 11.3. The molecule has 2 aliphatic rings. The number of rotatable bonds is 3. The summed E-state index contributed by atoms with van der Waals surface area (Å²) in [5.74, 6) is 0.132. The van der Waals surface area contributed by atoms with Crippen LogP contribution in [-0.2, 0) is 17.6 Å². The third-order valence-corrected chi connectivity index (χ3v) is 3.87. The number of carbonyl (C=O) groups excluding carboxylic acids is 1. The van der Waals surface area contributed by atoms with Gasteiger partial charge < -0.3 is 11.1 Å². The number of carbonyl (C=O) groups is 1. The van der Waals surface area contributed by atoms with Crippen LogP contribution in [0.4, 0.5) is 5.69 Å². The van der Waals surface area contributed by atoms with E-state index in [1.54, 1.807) is 0 Å². The van der Waals surface area contributed by atoms with E-state index in [-0.39, 0.29) is 11.4 Å². The van der Waals surface area contributed by atoms with E-state index in [4.69, 9.17) is 5.73 Å². The van der Waals surface area contributed by atoms with Gasteiger partial charge in [-0.1, -0.05) is 12.1 Å². The molecule has 3 heteroatoms. The molecule has 0 radical (unpaired) electrons. The fourth-order valence-electron chi connectivity index (χ4n) is 2.38. The van der Waals surface area contributed by atoms with Crippen LogP contribution in [0, 0.1) is 0 Å². The second kappa shape index (κ2) is 3.84. The molecule has 1 amide bonds. The molecule has 17 heavy (non-hydrogen) atoms. The Bertz CT molecular complexity index is 463.